The van der Waals surface area contributed by atoms with E-state index in [0.717, 1.165) is 17.0 Å². The third-order valence-corrected chi connectivity index (χ3v) is 4.48. The van der Waals surface area contributed by atoms with Gasteiger partial charge in [0.2, 0.25) is 0 Å². The predicted octanol–water partition coefficient (Wildman–Crippen LogP) is 4.60. The Kier molecular flexibility index (Phi) is 4.91. The molecule has 0 fully saturated rings. The molecular formula is C19H17NO3S. The molecule has 24 heavy (non-hydrogen) atoms. The monoisotopic (exact) mass is 339 g/mol. The molecule has 0 aliphatic heterocycles. The summed E-state index contributed by atoms with van der Waals surface area (Å²) >= 11 is 1.43. The Hall–Kier alpha value is -2.66. The number of hydrogen-bond acceptors (Lipinski definition) is 5. The Bertz CT molecular complexity index is 823. The number of aromatic nitrogens is 1. The van der Waals surface area contributed by atoms with Crippen LogP contribution in [0.1, 0.15) is 23.0 Å². The van der Waals surface area contributed by atoms with Crippen LogP contribution < -0.4 is 9.47 Å². The van der Waals surface area contributed by atoms with Crippen LogP contribution in [0.25, 0.3) is 10.6 Å². The van der Waals surface area contributed by atoms with Gasteiger partial charge in [0.05, 0.1) is 7.11 Å². The summed E-state index contributed by atoms with van der Waals surface area (Å²) in [6, 6.07) is 15.1. The second-order valence-corrected chi connectivity index (χ2v) is 6.01. The van der Waals surface area contributed by atoms with E-state index in [4.69, 9.17) is 9.47 Å². The van der Waals surface area contributed by atoms with Crippen molar-refractivity contribution in [3.63, 3.8) is 0 Å². The molecule has 0 aliphatic rings. The number of methoxy groups -OCH3 is 1. The summed E-state index contributed by atoms with van der Waals surface area (Å²) in [5, 5.41) is 2.52. The molecule has 0 amide bonds. The topological polar surface area (TPSA) is 48.4 Å². The number of ether oxygens (including phenoxy) is 2. The smallest absolute Gasteiger partial charge is 0.363 e. The third-order valence-electron chi connectivity index (χ3n) is 3.59. The van der Waals surface area contributed by atoms with Gasteiger partial charge in [-0.3, -0.25) is 0 Å². The largest absolute Gasteiger partial charge is 0.497 e. The maximum atomic E-state index is 12.2. The number of carbonyl (C=O) groups excluding carboxylic acids is 1. The third kappa shape index (κ3) is 3.63. The van der Waals surface area contributed by atoms with Gasteiger partial charge >= 0.3 is 5.97 Å². The zero-order chi connectivity index (χ0) is 16.9. The average Bonchev–Trinajstić information content (AvgIpc) is 3.13. The molecule has 0 unspecified atom stereocenters. The zero-order valence-corrected chi connectivity index (χ0v) is 14.3. The van der Waals surface area contributed by atoms with Gasteiger partial charge in [0, 0.05) is 10.9 Å². The Balaban J connectivity index is 1.72. The standard InChI is InChI=1S/C19H17NO3S/c1-3-13-4-6-14(7-5-13)18-20-17(12-24-18)19(21)23-16-10-8-15(22-2)9-11-16/h4-12H,3H2,1-2H3. The highest BCUT2D eigenvalue weighted by Crippen LogP contribution is 2.25. The van der Waals surface area contributed by atoms with Crippen molar-refractivity contribution < 1.29 is 14.3 Å². The van der Waals surface area contributed by atoms with E-state index in [-0.39, 0.29) is 0 Å². The lowest BCUT2D eigenvalue weighted by molar-refractivity contribution is 0.0729. The number of aryl methyl sites for hydroxylation is 1. The lowest BCUT2D eigenvalue weighted by atomic mass is 10.1. The van der Waals surface area contributed by atoms with Crippen LogP contribution in [0.15, 0.2) is 53.9 Å². The van der Waals surface area contributed by atoms with Crippen LogP contribution in [0.4, 0.5) is 0 Å². The molecule has 1 heterocycles. The molecule has 3 rings (SSSR count). The number of rotatable bonds is 5. The highest BCUT2D eigenvalue weighted by molar-refractivity contribution is 7.13. The fourth-order valence-electron chi connectivity index (χ4n) is 2.19. The van der Waals surface area contributed by atoms with Gasteiger partial charge in [0.25, 0.3) is 0 Å². The van der Waals surface area contributed by atoms with Crippen molar-refractivity contribution in [2.75, 3.05) is 7.11 Å². The van der Waals surface area contributed by atoms with E-state index >= 15 is 0 Å². The molecule has 0 atom stereocenters. The second kappa shape index (κ2) is 7.27. The molecule has 3 aromatic rings. The minimum Gasteiger partial charge on any atom is -0.497 e. The first-order valence-corrected chi connectivity index (χ1v) is 8.48. The first kappa shape index (κ1) is 16.2. The number of benzene rings is 2. The molecular weight excluding hydrogens is 322 g/mol. The maximum absolute atomic E-state index is 12.2. The van der Waals surface area contributed by atoms with E-state index in [1.807, 2.05) is 12.1 Å². The van der Waals surface area contributed by atoms with Gasteiger partial charge in [0.15, 0.2) is 5.69 Å². The van der Waals surface area contributed by atoms with Gasteiger partial charge in [-0.15, -0.1) is 11.3 Å². The number of carbonyl (C=O) groups is 1. The minimum atomic E-state index is -0.465. The average molecular weight is 339 g/mol. The van der Waals surface area contributed by atoms with Crippen LogP contribution >= 0.6 is 11.3 Å². The molecule has 122 valence electrons. The van der Waals surface area contributed by atoms with E-state index in [1.54, 1.807) is 36.8 Å². The quantitative estimate of drug-likeness (QED) is 0.503. The summed E-state index contributed by atoms with van der Waals surface area (Å²) in [5.74, 6) is 0.705. The molecule has 4 nitrogen and oxygen atoms in total. The summed E-state index contributed by atoms with van der Waals surface area (Å²) < 4.78 is 10.4. The van der Waals surface area contributed by atoms with Crippen molar-refractivity contribution in [1.29, 1.82) is 0 Å². The zero-order valence-electron chi connectivity index (χ0n) is 13.5. The van der Waals surface area contributed by atoms with Crippen molar-refractivity contribution in [2.24, 2.45) is 0 Å². The van der Waals surface area contributed by atoms with Crippen molar-refractivity contribution in [3.05, 3.63) is 65.2 Å². The highest BCUT2D eigenvalue weighted by atomic mass is 32.1. The SMILES string of the molecule is CCc1ccc(-c2nc(C(=O)Oc3ccc(OC)cc3)cs2)cc1. The van der Waals surface area contributed by atoms with Crippen LogP contribution in [0.3, 0.4) is 0 Å². The van der Waals surface area contributed by atoms with Gasteiger partial charge in [-0.05, 0) is 36.2 Å². The molecule has 2 aromatic carbocycles. The summed E-state index contributed by atoms with van der Waals surface area (Å²) in [4.78, 5) is 16.6. The maximum Gasteiger partial charge on any atom is 0.363 e. The first-order valence-electron chi connectivity index (χ1n) is 7.60. The first-order chi connectivity index (χ1) is 11.7. The van der Waals surface area contributed by atoms with Gasteiger partial charge < -0.3 is 9.47 Å². The van der Waals surface area contributed by atoms with Crippen LogP contribution in [-0.4, -0.2) is 18.1 Å². The fraction of sp³-hybridized carbons (Fsp3) is 0.158. The van der Waals surface area contributed by atoms with Crippen LogP contribution in [0.2, 0.25) is 0 Å². The predicted molar refractivity (Wildman–Crippen MR) is 94.9 cm³/mol. The summed E-state index contributed by atoms with van der Waals surface area (Å²) in [7, 11) is 1.59. The number of thiazole rings is 1. The van der Waals surface area contributed by atoms with Gasteiger partial charge in [0.1, 0.15) is 16.5 Å². The second-order valence-electron chi connectivity index (χ2n) is 5.15. The summed E-state index contributed by atoms with van der Waals surface area (Å²) in [5.41, 5.74) is 2.58. The molecule has 0 saturated carbocycles. The van der Waals surface area contributed by atoms with Crippen LogP contribution in [0.5, 0.6) is 11.5 Å². The van der Waals surface area contributed by atoms with Crippen molar-refractivity contribution in [3.8, 4) is 22.1 Å². The normalized spacial score (nSPS) is 10.4. The minimum absolute atomic E-state index is 0.311. The molecule has 1 aromatic heterocycles. The molecule has 0 spiro atoms. The Morgan fingerprint density at radius 2 is 1.71 bits per heavy atom. The van der Waals surface area contributed by atoms with E-state index in [1.165, 1.54) is 16.9 Å². The highest BCUT2D eigenvalue weighted by Gasteiger charge is 2.14. The fourth-order valence-corrected chi connectivity index (χ4v) is 2.98. The van der Waals surface area contributed by atoms with Gasteiger partial charge in [-0.2, -0.15) is 0 Å². The van der Waals surface area contributed by atoms with Crippen molar-refractivity contribution >= 4 is 17.3 Å². The van der Waals surface area contributed by atoms with Crippen molar-refractivity contribution in [1.82, 2.24) is 4.98 Å². The molecule has 0 aliphatic carbocycles. The number of esters is 1. The van der Waals surface area contributed by atoms with E-state index in [2.05, 4.69) is 24.0 Å². The molecule has 0 radical (unpaired) electrons. The molecule has 0 saturated heterocycles. The van der Waals surface area contributed by atoms with Gasteiger partial charge in [-0.25, -0.2) is 9.78 Å². The number of hydrogen-bond donors (Lipinski definition) is 0. The Morgan fingerprint density at radius 3 is 2.33 bits per heavy atom. The van der Waals surface area contributed by atoms with E-state index in [0.29, 0.717) is 17.2 Å². The van der Waals surface area contributed by atoms with Gasteiger partial charge in [-0.1, -0.05) is 31.2 Å². The summed E-state index contributed by atoms with van der Waals surface area (Å²) in [6.45, 7) is 2.12. The summed E-state index contributed by atoms with van der Waals surface area (Å²) in [6.07, 6.45) is 0.998. The van der Waals surface area contributed by atoms with E-state index in [9.17, 15) is 4.79 Å². The Morgan fingerprint density at radius 1 is 1.04 bits per heavy atom. The lowest BCUT2D eigenvalue weighted by Gasteiger charge is -2.03. The Labute approximate surface area is 144 Å². The van der Waals surface area contributed by atoms with E-state index < -0.39 is 5.97 Å². The van der Waals surface area contributed by atoms with Crippen LogP contribution in [-0.2, 0) is 6.42 Å². The molecule has 5 heteroatoms. The molecule has 0 N–H and O–H groups in total. The number of nitrogens with zero attached hydrogens (tertiary/aromatic N) is 1. The lowest BCUT2D eigenvalue weighted by Crippen LogP contribution is -2.08. The molecule has 0 bridgehead atoms. The van der Waals surface area contributed by atoms with Crippen molar-refractivity contribution in [2.45, 2.75) is 13.3 Å². The van der Waals surface area contributed by atoms with Crippen LogP contribution in [0, 0.1) is 0 Å².